The van der Waals surface area contributed by atoms with Gasteiger partial charge in [0, 0.05) is 13.0 Å². The molecule has 1 fully saturated rings. The van der Waals surface area contributed by atoms with Crippen LogP contribution in [0.1, 0.15) is 19.8 Å². The molecule has 0 unspecified atom stereocenters. The van der Waals surface area contributed by atoms with Crippen molar-refractivity contribution in [3.8, 4) is 12.3 Å². The molecule has 4 nitrogen and oxygen atoms in total. The van der Waals surface area contributed by atoms with Gasteiger partial charge in [0.1, 0.15) is 6.04 Å². The van der Waals surface area contributed by atoms with Gasteiger partial charge < -0.3 is 10.2 Å². The van der Waals surface area contributed by atoms with Crippen molar-refractivity contribution in [1.29, 1.82) is 0 Å². The largest absolute Gasteiger partial charge is 0.344 e. The standard InChI is InChI=1S/C10H14N2O2/c1-3-7-12(4-2)10(14)8-5-6-9(13)11-8/h1,8H,4-7H2,2H3,(H,11,13)/t8-/m0/s1. The van der Waals surface area contributed by atoms with Crippen LogP contribution >= 0.6 is 0 Å². The average molecular weight is 194 g/mol. The Bertz CT molecular complexity index is 280. The lowest BCUT2D eigenvalue weighted by Crippen LogP contribution is -2.44. The summed E-state index contributed by atoms with van der Waals surface area (Å²) in [5.74, 6) is 2.30. The maximum Gasteiger partial charge on any atom is 0.245 e. The van der Waals surface area contributed by atoms with E-state index in [2.05, 4.69) is 11.2 Å². The topological polar surface area (TPSA) is 49.4 Å². The number of hydrogen-bond acceptors (Lipinski definition) is 2. The molecule has 1 saturated heterocycles. The number of likely N-dealkylation sites (N-methyl/N-ethyl adjacent to an activating group) is 1. The van der Waals surface area contributed by atoms with Gasteiger partial charge in [0.05, 0.1) is 6.54 Å². The molecule has 2 amide bonds. The number of hydrogen-bond donors (Lipinski definition) is 1. The van der Waals surface area contributed by atoms with Crippen molar-refractivity contribution >= 4 is 11.8 Å². The van der Waals surface area contributed by atoms with Crippen LogP contribution in [0.5, 0.6) is 0 Å². The predicted octanol–water partition coefficient (Wildman–Crippen LogP) is -0.253. The molecule has 1 aliphatic rings. The molecule has 0 saturated carbocycles. The molecule has 1 aliphatic heterocycles. The molecule has 1 atom stereocenters. The quantitative estimate of drug-likeness (QED) is 0.630. The second kappa shape index (κ2) is 4.66. The van der Waals surface area contributed by atoms with Gasteiger partial charge in [-0.25, -0.2) is 0 Å². The van der Waals surface area contributed by atoms with Crippen molar-refractivity contribution in [3.63, 3.8) is 0 Å². The second-order valence-corrected chi connectivity index (χ2v) is 3.22. The second-order valence-electron chi connectivity index (χ2n) is 3.22. The van der Waals surface area contributed by atoms with Gasteiger partial charge in [-0.1, -0.05) is 5.92 Å². The van der Waals surface area contributed by atoms with E-state index in [0.717, 1.165) is 0 Å². The highest BCUT2D eigenvalue weighted by molar-refractivity contribution is 5.90. The molecule has 1 heterocycles. The molecule has 0 spiro atoms. The number of carbonyl (C=O) groups is 2. The summed E-state index contributed by atoms with van der Waals surface area (Å²) in [6.07, 6.45) is 6.15. The summed E-state index contributed by atoms with van der Waals surface area (Å²) in [4.78, 5) is 24.2. The van der Waals surface area contributed by atoms with E-state index in [0.29, 0.717) is 25.9 Å². The van der Waals surface area contributed by atoms with E-state index in [1.165, 1.54) is 0 Å². The van der Waals surface area contributed by atoms with E-state index in [4.69, 9.17) is 6.42 Å². The molecule has 0 radical (unpaired) electrons. The Kier molecular flexibility index (Phi) is 3.52. The summed E-state index contributed by atoms with van der Waals surface area (Å²) in [5, 5.41) is 2.63. The van der Waals surface area contributed by atoms with Crippen LogP contribution in [0.15, 0.2) is 0 Å². The Balaban J connectivity index is 2.55. The van der Waals surface area contributed by atoms with Crippen molar-refractivity contribution < 1.29 is 9.59 Å². The molecule has 0 aromatic heterocycles. The van der Waals surface area contributed by atoms with Crippen LogP contribution in [0, 0.1) is 12.3 Å². The van der Waals surface area contributed by atoms with E-state index in [1.54, 1.807) is 4.90 Å². The molecule has 4 heteroatoms. The van der Waals surface area contributed by atoms with Gasteiger partial charge in [0.15, 0.2) is 0 Å². The summed E-state index contributed by atoms with van der Waals surface area (Å²) < 4.78 is 0. The predicted molar refractivity (Wildman–Crippen MR) is 52.3 cm³/mol. The van der Waals surface area contributed by atoms with Crippen molar-refractivity contribution in [2.45, 2.75) is 25.8 Å². The first kappa shape index (κ1) is 10.6. The fraction of sp³-hybridized carbons (Fsp3) is 0.600. The third-order valence-electron chi connectivity index (χ3n) is 2.27. The Hall–Kier alpha value is -1.50. The molecule has 1 N–H and O–H groups in total. The zero-order chi connectivity index (χ0) is 10.6. The van der Waals surface area contributed by atoms with Crippen LogP contribution < -0.4 is 5.32 Å². The van der Waals surface area contributed by atoms with Gasteiger partial charge in [0.2, 0.25) is 11.8 Å². The first-order chi connectivity index (χ1) is 6.69. The van der Waals surface area contributed by atoms with Gasteiger partial charge in [-0.2, -0.15) is 0 Å². The van der Waals surface area contributed by atoms with Crippen molar-refractivity contribution in [1.82, 2.24) is 10.2 Å². The highest BCUT2D eigenvalue weighted by Gasteiger charge is 2.29. The number of terminal acetylenes is 1. The Morgan fingerprint density at radius 3 is 2.93 bits per heavy atom. The minimum atomic E-state index is -0.365. The van der Waals surface area contributed by atoms with Crippen LogP contribution in [-0.2, 0) is 9.59 Å². The molecule has 0 aromatic carbocycles. The molecule has 1 rings (SSSR count). The lowest BCUT2D eigenvalue weighted by atomic mass is 10.2. The van der Waals surface area contributed by atoms with Crippen molar-refractivity contribution in [2.75, 3.05) is 13.1 Å². The van der Waals surface area contributed by atoms with E-state index in [1.807, 2.05) is 6.92 Å². The lowest BCUT2D eigenvalue weighted by molar-refractivity contribution is -0.133. The fourth-order valence-electron chi connectivity index (χ4n) is 1.48. The highest BCUT2D eigenvalue weighted by atomic mass is 16.2. The van der Waals surface area contributed by atoms with E-state index in [-0.39, 0.29) is 17.9 Å². The lowest BCUT2D eigenvalue weighted by Gasteiger charge is -2.21. The van der Waals surface area contributed by atoms with Gasteiger partial charge in [0.25, 0.3) is 0 Å². The van der Waals surface area contributed by atoms with Gasteiger partial charge in [-0.05, 0) is 13.3 Å². The number of nitrogens with zero attached hydrogens (tertiary/aromatic N) is 1. The normalized spacial score (nSPS) is 20.0. The van der Waals surface area contributed by atoms with Crippen LogP contribution in [0.25, 0.3) is 0 Å². The third kappa shape index (κ3) is 2.25. The monoisotopic (exact) mass is 194 g/mol. The number of nitrogens with one attached hydrogen (secondary N) is 1. The third-order valence-corrected chi connectivity index (χ3v) is 2.27. The highest BCUT2D eigenvalue weighted by Crippen LogP contribution is 2.09. The van der Waals surface area contributed by atoms with E-state index < -0.39 is 0 Å². The van der Waals surface area contributed by atoms with Gasteiger partial charge in [-0.15, -0.1) is 6.42 Å². The number of rotatable bonds is 3. The van der Waals surface area contributed by atoms with Crippen molar-refractivity contribution in [2.24, 2.45) is 0 Å². The minimum Gasteiger partial charge on any atom is -0.344 e. The molecule has 76 valence electrons. The summed E-state index contributed by atoms with van der Waals surface area (Å²) in [5.41, 5.74) is 0. The first-order valence-electron chi connectivity index (χ1n) is 4.70. The summed E-state index contributed by atoms with van der Waals surface area (Å²) in [6, 6.07) is -0.365. The first-order valence-corrected chi connectivity index (χ1v) is 4.70. The van der Waals surface area contributed by atoms with E-state index in [9.17, 15) is 9.59 Å². The summed E-state index contributed by atoms with van der Waals surface area (Å²) in [6.45, 7) is 2.75. The number of carbonyl (C=O) groups excluding carboxylic acids is 2. The van der Waals surface area contributed by atoms with Crippen LogP contribution in [0.2, 0.25) is 0 Å². The summed E-state index contributed by atoms with van der Waals surface area (Å²) >= 11 is 0. The molecule has 0 aliphatic carbocycles. The Morgan fingerprint density at radius 1 is 1.79 bits per heavy atom. The Labute approximate surface area is 83.6 Å². The average Bonchev–Trinajstić information content (AvgIpc) is 2.60. The number of amides is 2. The van der Waals surface area contributed by atoms with Crippen LogP contribution in [0.4, 0.5) is 0 Å². The Morgan fingerprint density at radius 2 is 2.50 bits per heavy atom. The molecule has 0 aromatic rings. The molecular weight excluding hydrogens is 180 g/mol. The minimum absolute atomic E-state index is 0.0555. The van der Waals surface area contributed by atoms with Gasteiger partial charge >= 0.3 is 0 Å². The zero-order valence-corrected chi connectivity index (χ0v) is 8.25. The molecule has 14 heavy (non-hydrogen) atoms. The van der Waals surface area contributed by atoms with Crippen molar-refractivity contribution in [3.05, 3.63) is 0 Å². The van der Waals surface area contributed by atoms with E-state index >= 15 is 0 Å². The van der Waals surface area contributed by atoms with Crippen LogP contribution in [-0.4, -0.2) is 35.8 Å². The maximum atomic E-state index is 11.7. The SMILES string of the molecule is C#CCN(CC)C(=O)[C@@H]1CCC(=O)N1. The zero-order valence-electron chi connectivity index (χ0n) is 8.25. The van der Waals surface area contributed by atoms with Gasteiger partial charge in [-0.3, -0.25) is 9.59 Å². The van der Waals surface area contributed by atoms with Crippen LogP contribution in [0.3, 0.4) is 0 Å². The maximum absolute atomic E-state index is 11.7. The fourth-order valence-corrected chi connectivity index (χ4v) is 1.48. The summed E-state index contributed by atoms with van der Waals surface area (Å²) in [7, 11) is 0. The molecule has 0 bridgehead atoms. The smallest absolute Gasteiger partial charge is 0.245 e. The molecular formula is C10H14N2O2.